The van der Waals surface area contributed by atoms with Gasteiger partial charge in [0.15, 0.2) is 0 Å². The van der Waals surface area contributed by atoms with Crippen LogP contribution < -0.4 is 4.74 Å². The Balaban J connectivity index is 2.12. The maximum atomic E-state index is 13.6. The van der Waals surface area contributed by atoms with Crippen LogP contribution >= 0.6 is 0 Å². The van der Waals surface area contributed by atoms with E-state index in [9.17, 15) is 14.3 Å². The Bertz CT molecular complexity index is 726. The van der Waals surface area contributed by atoms with Gasteiger partial charge in [0.1, 0.15) is 17.6 Å². The van der Waals surface area contributed by atoms with E-state index in [4.69, 9.17) is 4.74 Å². The molecular formula is C18H24FN3O3. The maximum Gasteiger partial charge on any atom is 0.325 e. The van der Waals surface area contributed by atoms with E-state index in [-0.39, 0.29) is 0 Å². The van der Waals surface area contributed by atoms with Crippen molar-refractivity contribution >= 4 is 5.97 Å². The molecule has 2 aromatic rings. The lowest BCUT2D eigenvalue weighted by molar-refractivity contribution is -0.143. The van der Waals surface area contributed by atoms with Gasteiger partial charge in [-0.3, -0.25) is 14.8 Å². The van der Waals surface area contributed by atoms with Crippen molar-refractivity contribution in [1.82, 2.24) is 15.1 Å². The summed E-state index contributed by atoms with van der Waals surface area (Å²) in [5.74, 6) is -1.16. The van der Waals surface area contributed by atoms with E-state index >= 15 is 0 Å². The first kappa shape index (κ1) is 18.9. The smallest absolute Gasteiger partial charge is 0.325 e. The Morgan fingerprint density at radius 1 is 1.44 bits per heavy atom. The first-order valence-corrected chi connectivity index (χ1v) is 8.12. The van der Waals surface area contributed by atoms with Crippen LogP contribution in [-0.2, 0) is 11.2 Å². The predicted molar refractivity (Wildman–Crippen MR) is 92.3 cm³/mol. The van der Waals surface area contributed by atoms with Crippen molar-refractivity contribution in [3.63, 3.8) is 0 Å². The van der Waals surface area contributed by atoms with Crippen LogP contribution in [-0.4, -0.2) is 46.9 Å². The Labute approximate surface area is 146 Å². The molecular weight excluding hydrogens is 325 g/mol. The van der Waals surface area contributed by atoms with Gasteiger partial charge in [0, 0.05) is 11.3 Å². The summed E-state index contributed by atoms with van der Waals surface area (Å²) in [6.45, 7) is 4.46. The van der Waals surface area contributed by atoms with E-state index in [0.717, 1.165) is 29.8 Å². The van der Waals surface area contributed by atoms with Crippen molar-refractivity contribution in [2.45, 2.75) is 32.7 Å². The fraction of sp³-hybridized carbons (Fsp3) is 0.444. The van der Waals surface area contributed by atoms with Crippen molar-refractivity contribution in [2.75, 3.05) is 20.7 Å². The maximum absolute atomic E-state index is 13.6. The zero-order valence-electron chi connectivity index (χ0n) is 15.0. The molecule has 0 unspecified atom stereocenters. The molecule has 0 bridgehead atoms. The number of ether oxygens (including phenoxy) is 1. The van der Waals surface area contributed by atoms with Gasteiger partial charge in [0.25, 0.3) is 0 Å². The number of methoxy groups -OCH3 is 1. The third-order valence-corrected chi connectivity index (χ3v) is 4.38. The molecule has 6 nitrogen and oxygen atoms in total. The van der Waals surface area contributed by atoms with Crippen LogP contribution in [0.2, 0.25) is 0 Å². The Kier molecular flexibility index (Phi) is 6.14. The lowest BCUT2D eigenvalue weighted by Crippen LogP contribution is -2.32. The zero-order valence-corrected chi connectivity index (χ0v) is 15.0. The van der Waals surface area contributed by atoms with Gasteiger partial charge >= 0.3 is 5.97 Å². The largest absolute Gasteiger partial charge is 0.496 e. The lowest BCUT2D eigenvalue weighted by atomic mass is 10.0. The summed E-state index contributed by atoms with van der Waals surface area (Å²) in [6, 6.07) is 2.95. The molecule has 1 heterocycles. The minimum Gasteiger partial charge on any atom is -0.496 e. The second-order valence-corrected chi connectivity index (χ2v) is 6.12. The SMILES string of the molecule is COc1ccc(F)cc1[C@@H](C(=O)O)N(C)CCCc1c(C)n[nH]c1C. The number of halogens is 1. The molecule has 2 rings (SSSR count). The molecule has 0 saturated heterocycles. The minimum absolute atomic E-state index is 0.313. The molecule has 1 atom stereocenters. The molecule has 0 aliphatic heterocycles. The van der Waals surface area contributed by atoms with Crippen molar-refractivity contribution in [3.05, 3.63) is 46.5 Å². The summed E-state index contributed by atoms with van der Waals surface area (Å²) in [6.07, 6.45) is 1.56. The van der Waals surface area contributed by atoms with Gasteiger partial charge in [0.2, 0.25) is 0 Å². The van der Waals surface area contributed by atoms with Crippen LogP contribution in [0.25, 0.3) is 0 Å². The molecule has 136 valence electrons. The molecule has 0 fully saturated rings. The number of nitrogens with one attached hydrogen (secondary N) is 1. The Hall–Kier alpha value is -2.41. The predicted octanol–water partition coefficient (Wildman–Crippen LogP) is 2.86. The third kappa shape index (κ3) is 4.36. The molecule has 0 amide bonds. The van der Waals surface area contributed by atoms with Crippen LogP contribution in [0.15, 0.2) is 18.2 Å². The first-order valence-electron chi connectivity index (χ1n) is 8.12. The molecule has 0 radical (unpaired) electrons. The van der Waals surface area contributed by atoms with Crippen molar-refractivity contribution in [2.24, 2.45) is 0 Å². The number of hydrogen-bond acceptors (Lipinski definition) is 4. The highest BCUT2D eigenvalue weighted by molar-refractivity contribution is 5.76. The molecule has 0 saturated carbocycles. The number of aliphatic carboxylic acids is 1. The van der Waals surface area contributed by atoms with Gasteiger partial charge in [-0.1, -0.05) is 0 Å². The van der Waals surface area contributed by atoms with Crippen LogP contribution in [0.1, 0.15) is 35.0 Å². The molecule has 0 aliphatic carbocycles. The topological polar surface area (TPSA) is 78.5 Å². The number of carboxylic acids is 1. The molecule has 1 aromatic heterocycles. The molecule has 7 heteroatoms. The van der Waals surface area contributed by atoms with Gasteiger partial charge < -0.3 is 9.84 Å². The normalized spacial score (nSPS) is 12.4. The highest BCUT2D eigenvalue weighted by atomic mass is 19.1. The average molecular weight is 349 g/mol. The highest BCUT2D eigenvalue weighted by Gasteiger charge is 2.28. The molecule has 0 spiro atoms. The fourth-order valence-electron chi connectivity index (χ4n) is 3.05. The van der Waals surface area contributed by atoms with E-state index < -0.39 is 17.8 Å². The zero-order chi connectivity index (χ0) is 18.6. The Morgan fingerprint density at radius 2 is 2.16 bits per heavy atom. The molecule has 0 aliphatic rings. The standard InChI is InChI=1S/C18H24FN3O3/c1-11-14(12(2)21-20-11)6-5-9-22(3)17(18(23)24)15-10-13(19)7-8-16(15)25-4/h7-8,10,17H,5-6,9H2,1-4H3,(H,20,21)(H,23,24)/t17-/m0/s1. The third-order valence-electron chi connectivity index (χ3n) is 4.38. The summed E-state index contributed by atoms with van der Waals surface area (Å²) >= 11 is 0. The Morgan fingerprint density at radius 3 is 2.72 bits per heavy atom. The van der Waals surface area contributed by atoms with Gasteiger partial charge in [-0.25, -0.2) is 4.39 Å². The van der Waals surface area contributed by atoms with E-state index in [1.807, 2.05) is 13.8 Å². The summed E-state index contributed by atoms with van der Waals surface area (Å²) < 4.78 is 18.8. The highest BCUT2D eigenvalue weighted by Crippen LogP contribution is 2.30. The van der Waals surface area contributed by atoms with Crippen molar-refractivity contribution in [3.8, 4) is 5.75 Å². The number of hydrogen-bond donors (Lipinski definition) is 2. The lowest BCUT2D eigenvalue weighted by Gasteiger charge is -2.26. The average Bonchev–Trinajstić information content (AvgIpc) is 2.87. The monoisotopic (exact) mass is 349 g/mol. The first-order chi connectivity index (χ1) is 11.8. The van der Waals surface area contributed by atoms with E-state index in [1.165, 1.54) is 25.3 Å². The molecule has 1 aromatic carbocycles. The quantitative estimate of drug-likeness (QED) is 0.766. The summed E-state index contributed by atoms with van der Waals surface area (Å²) in [5, 5.41) is 16.8. The van der Waals surface area contributed by atoms with E-state index in [1.54, 1.807) is 11.9 Å². The van der Waals surface area contributed by atoms with Crippen LogP contribution in [0.3, 0.4) is 0 Å². The second kappa shape index (κ2) is 8.11. The number of benzene rings is 1. The van der Waals surface area contributed by atoms with Gasteiger partial charge in [-0.15, -0.1) is 0 Å². The fourth-order valence-corrected chi connectivity index (χ4v) is 3.05. The van der Waals surface area contributed by atoms with Crippen molar-refractivity contribution < 1.29 is 19.0 Å². The minimum atomic E-state index is -1.04. The summed E-state index contributed by atoms with van der Waals surface area (Å²) in [4.78, 5) is 13.5. The van der Waals surface area contributed by atoms with Crippen LogP contribution in [0.4, 0.5) is 4.39 Å². The van der Waals surface area contributed by atoms with Crippen LogP contribution in [0, 0.1) is 19.7 Å². The number of nitrogens with zero attached hydrogens (tertiary/aromatic N) is 2. The number of H-pyrrole nitrogens is 1. The number of carbonyl (C=O) groups is 1. The van der Waals surface area contributed by atoms with E-state index in [2.05, 4.69) is 10.2 Å². The van der Waals surface area contributed by atoms with Crippen LogP contribution in [0.5, 0.6) is 5.75 Å². The number of aromatic nitrogens is 2. The number of likely N-dealkylation sites (N-methyl/N-ethyl adjacent to an activating group) is 1. The molecule has 25 heavy (non-hydrogen) atoms. The summed E-state index contributed by atoms with van der Waals surface area (Å²) in [5.41, 5.74) is 3.46. The number of aryl methyl sites for hydroxylation is 2. The number of rotatable bonds is 8. The number of carboxylic acid groups (broad SMARTS) is 1. The van der Waals surface area contributed by atoms with Gasteiger partial charge in [-0.2, -0.15) is 5.10 Å². The number of aromatic amines is 1. The van der Waals surface area contributed by atoms with Crippen molar-refractivity contribution in [1.29, 1.82) is 0 Å². The molecule has 2 N–H and O–H groups in total. The second-order valence-electron chi connectivity index (χ2n) is 6.12. The van der Waals surface area contributed by atoms with Gasteiger partial charge in [-0.05, 0) is 64.0 Å². The summed E-state index contributed by atoms with van der Waals surface area (Å²) in [7, 11) is 3.16. The van der Waals surface area contributed by atoms with E-state index in [0.29, 0.717) is 17.9 Å². The van der Waals surface area contributed by atoms with Gasteiger partial charge in [0.05, 0.1) is 12.8 Å².